The van der Waals surface area contributed by atoms with Crippen LogP contribution >= 0.6 is 11.6 Å². The number of H-pyrrole nitrogens is 1. The SMILES string of the molecule is CCCCCNc1nc(Cl)[nH]c1C(=O)NCC(O)CCCCc1ccccc1. The lowest BCUT2D eigenvalue weighted by Gasteiger charge is -2.12. The molecule has 1 aromatic heterocycles. The van der Waals surface area contributed by atoms with Crippen LogP contribution < -0.4 is 10.6 Å². The number of aromatic nitrogens is 2. The molecule has 1 aromatic carbocycles. The maximum atomic E-state index is 12.4. The molecule has 28 heavy (non-hydrogen) atoms. The molecule has 1 heterocycles. The largest absolute Gasteiger partial charge is 0.391 e. The zero-order valence-electron chi connectivity index (χ0n) is 16.5. The van der Waals surface area contributed by atoms with E-state index in [1.165, 1.54) is 5.56 Å². The fourth-order valence-corrected chi connectivity index (χ4v) is 3.15. The van der Waals surface area contributed by atoms with Gasteiger partial charge in [0.05, 0.1) is 6.10 Å². The van der Waals surface area contributed by atoms with Gasteiger partial charge in [0.2, 0.25) is 5.28 Å². The van der Waals surface area contributed by atoms with E-state index in [9.17, 15) is 9.90 Å². The molecule has 0 bridgehead atoms. The molecule has 0 spiro atoms. The number of imidazole rings is 1. The molecule has 6 nitrogen and oxygen atoms in total. The second kappa shape index (κ2) is 12.4. The number of aliphatic hydroxyl groups is 1. The summed E-state index contributed by atoms with van der Waals surface area (Å²) in [6.45, 7) is 3.08. The number of carbonyl (C=O) groups is 1. The van der Waals surface area contributed by atoms with Gasteiger partial charge in [-0.3, -0.25) is 4.79 Å². The van der Waals surface area contributed by atoms with Crippen LogP contribution in [0.2, 0.25) is 5.28 Å². The van der Waals surface area contributed by atoms with Gasteiger partial charge in [-0.2, -0.15) is 0 Å². The number of halogens is 1. The van der Waals surface area contributed by atoms with Crippen LogP contribution in [-0.4, -0.2) is 40.2 Å². The molecule has 0 aliphatic rings. The fraction of sp³-hybridized carbons (Fsp3) is 0.524. The number of hydrogen-bond acceptors (Lipinski definition) is 4. The molecule has 0 aliphatic heterocycles. The standard InChI is InChI=1S/C21H31ClN4O2/c1-2-3-9-14-23-19-18(25-21(22)26-19)20(28)24-15-17(27)13-8-7-12-16-10-5-4-6-11-16/h4-6,10-11,17,23,27H,2-3,7-9,12-15H2,1H3,(H,24,28)(H,25,26). The number of hydrogen-bond donors (Lipinski definition) is 4. The van der Waals surface area contributed by atoms with Gasteiger partial charge < -0.3 is 20.7 Å². The number of aliphatic hydroxyl groups excluding tert-OH is 1. The Labute approximate surface area is 172 Å². The zero-order valence-corrected chi connectivity index (χ0v) is 17.3. The molecular formula is C21H31ClN4O2. The number of aryl methyl sites for hydroxylation is 1. The number of anilines is 1. The highest BCUT2D eigenvalue weighted by Gasteiger charge is 2.17. The molecule has 1 unspecified atom stereocenters. The van der Waals surface area contributed by atoms with Crippen LogP contribution in [0.15, 0.2) is 30.3 Å². The van der Waals surface area contributed by atoms with E-state index in [1.54, 1.807) is 0 Å². The number of nitrogens with zero attached hydrogens (tertiary/aromatic N) is 1. The summed E-state index contributed by atoms with van der Waals surface area (Å²) in [5.74, 6) is 0.136. The van der Waals surface area contributed by atoms with Gasteiger partial charge in [0.1, 0.15) is 5.69 Å². The van der Waals surface area contributed by atoms with Crippen LogP contribution in [0.1, 0.15) is 61.5 Å². The minimum absolute atomic E-state index is 0.171. The first kappa shape index (κ1) is 22.2. The second-order valence-electron chi connectivity index (χ2n) is 6.98. The molecular weight excluding hydrogens is 376 g/mol. The quantitative estimate of drug-likeness (QED) is 0.376. The number of amides is 1. The summed E-state index contributed by atoms with van der Waals surface area (Å²) >= 11 is 5.91. The molecule has 0 saturated carbocycles. The third-order valence-electron chi connectivity index (χ3n) is 4.57. The minimum atomic E-state index is -0.570. The van der Waals surface area contributed by atoms with Crippen molar-refractivity contribution in [2.75, 3.05) is 18.4 Å². The normalized spacial score (nSPS) is 12.0. The number of benzene rings is 1. The zero-order chi connectivity index (χ0) is 20.2. The van der Waals surface area contributed by atoms with Crippen molar-refractivity contribution in [1.29, 1.82) is 0 Å². The monoisotopic (exact) mass is 406 g/mol. The average molecular weight is 407 g/mol. The third kappa shape index (κ3) is 7.90. The Morgan fingerprint density at radius 3 is 2.75 bits per heavy atom. The smallest absolute Gasteiger partial charge is 0.271 e. The van der Waals surface area contributed by atoms with Crippen LogP contribution in [-0.2, 0) is 6.42 Å². The Morgan fingerprint density at radius 2 is 2.00 bits per heavy atom. The molecule has 4 N–H and O–H groups in total. The number of carbonyl (C=O) groups excluding carboxylic acids is 1. The summed E-state index contributed by atoms with van der Waals surface area (Å²) in [4.78, 5) is 19.3. The maximum absolute atomic E-state index is 12.4. The van der Waals surface area contributed by atoms with E-state index in [1.807, 2.05) is 18.2 Å². The van der Waals surface area contributed by atoms with E-state index < -0.39 is 6.10 Å². The summed E-state index contributed by atoms with van der Waals surface area (Å²) in [5, 5.41) is 16.2. The van der Waals surface area contributed by atoms with Gasteiger partial charge in [-0.05, 0) is 42.8 Å². The molecule has 154 valence electrons. The fourth-order valence-electron chi connectivity index (χ4n) is 2.97. The molecule has 7 heteroatoms. The summed E-state index contributed by atoms with van der Waals surface area (Å²) in [7, 11) is 0. The Kier molecular flexibility index (Phi) is 9.86. The first-order valence-corrected chi connectivity index (χ1v) is 10.5. The molecule has 1 atom stereocenters. The van der Waals surface area contributed by atoms with Crippen molar-refractivity contribution < 1.29 is 9.90 Å². The van der Waals surface area contributed by atoms with Gasteiger partial charge >= 0.3 is 0 Å². The van der Waals surface area contributed by atoms with Crippen molar-refractivity contribution >= 4 is 23.3 Å². The Morgan fingerprint density at radius 1 is 1.21 bits per heavy atom. The topological polar surface area (TPSA) is 90.0 Å². The average Bonchev–Trinajstić information content (AvgIpc) is 3.08. The lowest BCUT2D eigenvalue weighted by Crippen LogP contribution is -2.32. The molecule has 0 fully saturated rings. The van der Waals surface area contributed by atoms with Gasteiger partial charge in [0, 0.05) is 13.1 Å². The van der Waals surface area contributed by atoms with Crippen molar-refractivity contribution in [2.45, 2.75) is 58.0 Å². The van der Waals surface area contributed by atoms with Crippen molar-refractivity contribution in [2.24, 2.45) is 0 Å². The predicted molar refractivity (Wildman–Crippen MR) is 114 cm³/mol. The summed E-state index contributed by atoms with van der Waals surface area (Å²) in [5.41, 5.74) is 1.61. The Hall–Kier alpha value is -2.05. The van der Waals surface area contributed by atoms with Crippen LogP contribution in [0.3, 0.4) is 0 Å². The molecule has 0 radical (unpaired) electrons. The van der Waals surface area contributed by atoms with Crippen LogP contribution in [0.25, 0.3) is 0 Å². The highest BCUT2D eigenvalue weighted by molar-refractivity contribution is 6.28. The van der Waals surface area contributed by atoms with E-state index in [2.05, 4.69) is 39.7 Å². The van der Waals surface area contributed by atoms with Crippen LogP contribution in [0.5, 0.6) is 0 Å². The first-order chi connectivity index (χ1) is 13.6. The molecule has 2 aromatic rings. The Bertz CT molecular complexity index is 706. The minimum Gasteiger partial charge on any atom is -0.391 e. The highest BCUT2D eigenvalue weighted by Crippen LogP contribution is 2.16. The second-order valence-corrected chi connectivity index (χ2v) is 7.34. The van der Waals surface area contributed by atoms with Gasteiger partial charge in [0.25, 0.3) is 5.91 Å². The van der Waals surface area contributed by atoms with Crippen molar-refractivity contribution in [1.82, 2.24) is 15.3 Å². The van der Waals surface area contributed by atoms with Crippen molar-refractivity contribution in [3.05, 3.63) is 46.9 Å². The lowest BCUT2D eigenvalue weighted by molar-refractivity contribution is 0.0905. The molecule has 0 aliphatic carbocycles. The molecule has 1 amide bonds. The van der Waals surface area contributed by atoms with E-state index in [0.717, 1.165) is 45.1 Å². The van der Waals surface area contributed by atoms with Gasteiger partial charge in [0.15, 0.2) is 5.82 Å². The van der Waals surface area contributed by atoms with Gasteiger partial charge in [-0.15, -0.1) is 0 Å². The first-order valence-electron chi connectivity index (χ1n) is 10.1. The van der Waals surface area contributed by atoms with Crippen molar-refractivity contribution in [3.8, 4) is 0 Å². The lowest BCUT2D eigenvalue weighted by atomic mass is 10.1. The maximum Gasteiger partial charge on any atom is 0.271 e. The Balaban J connectivity index is 1.69. The van der Waals surface area contributed by atoms with Crippen molar-refractivity contribution in [3.63, 3.8) is 0 Å². The predicted octanol–water partition coefficient (Wildman–Crippen LogP) is 4.17. The number of nitrogens with one attached hydrogen (secondary N) is 3. The van der Waals surface area contributed by atoms with E-state index in [4.69, 9.17) is 11.6 Å². The summed E-state index contributed by atoms with van der Waals surface area (Å²) < 4.78 is 0. The number of rotatable bonds is 13. The number of aromatic amines is 1. The molecule has 0 saturated heterocycles. The van der Waals surface area contributed by atoms with E-state index in [-0.39, 0.29) is 17.7 Å². The third-order valence-corrected chi connectivity index (χ3v) is 4.75. The van der Waals surface area contributed by atoms with Gasteiger partial charge in [-0.25, -0.2) is 4.98 Å². The van der Waals surface area contributed by atoms with Crippen LogP contribution in [0, 0.1) is 0 Å². The van der Waals surface area contributed by atoms with E-state index in [0.29, 0.717) is 17.9 Å². The molecule has 2 rings (SSSR count). The van der Waals surface area contributed by atoms with Crippen LogP contribution in [0.4, 0.5) is 5.82 Å². The highest BCUT2D eigenvalue weighted by atomic mass is 35.5. The van der Waals surface area contributed by atoms with Gasteiger partial charge in [-0.1, -0.05) is 56.5 Å². The number of unbranched alkanes of at least 4 members (excludes halogenated alkanes) is 3. The summed E-state index contributed by atoms with van der Waals surface area (Å²) in [6, 6.07) is 10.3. The summed E-state index contributed by atoms with van der Waals surface area (Å²) in [6.07, 6.45) is 6.24. The van der Waals surface area contributed by atoms with E-state index >= 15 is 0 Å².